The van der Waals surface area contributed by atoms with Gasteiger partial charge in [-0.05, 0) is 24.3 Å². The first kappa shape index (κ1) is 13.4. The molecule has 0 bridgehead atoms. The Kier molecular flexibility index (Phi) is 4.41. The number of benzene rings is 1. The standard InChI is InChI=1S/C14H13NO3S/c16-14(17)12-6-1-2-7-13(12)19(18)10-8-11-5-3-4-9-15-11/h1-7,9H,8,10H2,(H,16,17). The third-order valence-electron chi connectivity index (χ3n) is 2.63. The summed E-state index contributed by atoms with van der Waals surface area (Å²) in [5.74, 6) is -0.691. The second kappa shape index (κ2) is 6.24. The van der Waals surface area contributed by atoms with Crippen LogP contribution in [0.4, 0.5) is 0 Å². The van der Waals surface area contributed by atoms with E-state index in [1.54, 1.807) is 24.4 Å². The van der Waals surface area contributed by atoms with Crippen molar-refractivity contribution in [1.29, 1.82) is 0 Å². The van der Waals surface area contributed by atoms with Gasteiger partial charge in [-0.3, -0.25) is 9.19 Å². The van der Waals surface area contributed by atoms with Crippen LogP contribution < -0.4 is 0 Å². The Labute approximate surface area is 113 Å². The lowest BCUT2D eigenvalue weighted by Gasteiger charge is -2.05. The van der Waals surface area contributed by atoms with Gasteiger partial charge in [0.25, 0.3) is 0 Å². The second-order valence-corrected chi connectivity index (χ2v) is 5.46. The Balaban J connectivity index is 2.10. The van der Waals surface area contributed by atoms with Gasteiger partial charge in [0.15, 0.2) is 0 Å². The fraction of sp³-hybridized carbons (Fsp3) is 0.143. The Bertz CT molecular complexity index is 599. The molecule has 0 fully saturated rings. The molecule has 1 aromatic carbocycles. The molecule has 1 heterocycles. The van der Waals surface area contributed by atoms with E-state index >= 15 is 0 Å². The highest BCUT2D eigenvalue weighted by molar-refractivity contribution is 7.85. The lowest BCUT2D eigenvalue weighted by Crippen LogP contribution is -2.08. The molecule has 2 rings (SSSR count). The topological polar surface area (TPSA) is 67.3 Å². The number of carbonyl (C=O) groups is 1. The Morgan fingerprint density at radius 2 is 1.89 bits per heavy atom. The summed E-state index contributed by atoms with van der Waals surface area (Å²) in [6.45, 7) is 0. The highest BCUT2D eigenvalue weighted by Gasteiger charge is 2.14. The molecule has 5 heteroatoms. The van der Waals surface area contributed by atoms with Crippen LogP contribution in [0.3, 0.4) is 0 Å². The molecule has 0 radical (unpaired) electrons. The molecule has 0 spiro atoms. The first-order valence-electron chi connectivity index (χ1n) is 5.79. The van der Waals surface area contributed by atoms with Gasteiger partial charge >= 0.3 is 5.97 Å². The highest BCUT2D eigenvalue weighted by atomic mass is 32.2. The van der Waals surface area contributed by atoms with E-state index in [1.165, 1.54) is 6.07 Å². The average molecular weight is 275 g/mol. The van der Waals surface area contributed by atoms with Crippen LogP contribution in [0.1, 0.15) is 16.1 Å². The molecule has 1 unspecified atom stereocenters. The van der Waals surface area contributed by atoms with Crippen molar-refractivity contribution in [2.75, 3.05) is 5.75 Å². The zero-order chi connectivity index (χ0) is 13.7. The van der Waals surface area contributed by atoms with Crippen molar-refractivity contribution < 1.29 is 14.1 Å². The highest BCUT2D eigenvalue weighted by Crippen LogP contribution is 2.14. The van der Waals surface area contributed by atoms with Crippen molar-refractivity contribution in [3.05, 3.63) is 59.9 Å². The number of aromatic nitrogens is 1. The molecule has 1 N–H and O–H groups in total. The number of aryl methyl sites for hydroxylation is 1. The SMILES string of the molecule is O=C(O)c1ccccc1S(=O)CCc1ccccn1. The van der Waals surface area contributed by atoms with Gasteiger partial charge in [0.2, 0.25) is 0 Å². The minimum absolute atomic E-state index is 0.0989. The maximum atomic E-state index is 12.2. The van der Waals surface area contributed by atoms with Gasteiger partial charge in [-0.1, -0.05) is 18.2 Å². The summed E-state index contributed by atoms with van der Waals surface area (Å²) < 4.78 is 12.2. The van der Waals surface area contributed by atoms with Gasteiger partial charge in [-0.25, -0.2) is 4.79 Å². The van der Waals surface area contributed by atoms with Crippen LogP contribution in [-0.4, -0.2) is 26.0 Å². The third-order valence-corrected chi connectivity index (χ3v) is 4.05. The van der Waals surface area contributed by atoms with E-state index in [4.69, 9.17) is 5.11 Å². The molecule has 1 atom stereocenters. The van der Waals surface area contributed by atoms with E-state index in [-0.39, 0.29) is 5.56 Å². The molecule has 98 valence electrons. The van der Waals surface area contributed by atoms with Gasteiger partial charge in [0.05, 0.1) is 21.3 Å². The quantitative estimate of drug-likeness (QED) is 0.907. The molecule has 0 aliphatic heterocycles. The fourth-order valence-electron chi connectivity index (χ4n) is 1.70. The molecule has 4 nitrogen and oxygen atoms in total. The van der Waals surface area contributed by atoms with Crippen molar-refractivity contribution in [3.8, 4) is 0 Å². The van der Waals surface area contributed by atoms with E-state index in [0.717, 1.165) is 5.69 Å². The third kappa shape index (κ3) is 3.48. The molecule has 0 saturated heterocycles. The molecular weight excluding hydrogens is 262 g/mol. The molecule has 1 aromatic heterocycles. The summed E-state index contributed by atoms with van der Waals surface area (Å²) in [7, 11) is -1.34. The number of pyridine rings is 1. The lowest BCUT2D eigenvalue weighted by atomic mass is 10.2. The minimum atomic E-state index is -1.34. The molecule has 0 aliphatic rings. The zero-order valence-corrected chi connectivity index (χ0v) is 11.0. The van der Waals surface area contributed by atoms with Crippen LogP contribution in [0.2, 0.25) is 0 Å². The van der Waals surface area contributed by atoms with Crippen molar-refractivity contribution in [1.82, 2.24) is 4.98 Å². The fourth-order valence-corrected chi connectivity index (χ4v) is 2.94. The molecule has 19 heavy (non-hydrogen) atoms. The van der Waals surface area contributed by atoms with Gasteiger partial charge in [0.1, 0.15) is 0 Å². The maximum Gasteiger partial charge on any atom is 0.336 e. The number of rotatable bonds is 5. The smallest absolute Gasteiger partial charge is 0.336 e. The van der Waals surface area contributed by atoms with E-state index < -0.39 is 16.8 Å². The largest absolute Gasteiger partial charge is 0.478 e. The normalized spacial score (nSPS) is 12.0. The number of carboxylic acid groups (broad SMARTS) is 1. The van der Waals surface area contributed by atoms with Crippen molar-refractivity contribution in [3.63, 3.8) is 0 Å². The molecule has 0 saturated carbocycles. The van der Waals surface area contributed by atoms with E-state index in [1.807, 2.05) is 18.2 Å². The summed E-state index contributed by atoms with van der Waals surface area (Å²) >= 11 is 0. The average Bonchev–Trinajstić information content (AvgIpc) is 2.46. The minimum Gasteiger partial charge on any atom is -0.478 e. The molecular formula is C14H13NO3S. The zero-order valence-electron chi connectivity index (χ0n) is 10.2. The number of nitrogens with zero attached hydrogens (tertiary/aromatic N) is 1. The van der Waals surface area contributed by atoms with E-state index in [2.05, 4.69) is 4.98 Å². The Hall–Kier alpha value is -2.01. The molecule has 0 amide bonds. The molecule has 2 aromatic rings. The Morgan fingerprint density at radius 1 is 1.16 bits per heavy atom. The van der Waals surface area contributed by atoms with Gasteiger partial charge in [-0.15, -0.1) is 0 Å². The summed E-state index contributed by atoms with van der Waals surface area (Å²) in [6.07, 6.45) is 2.24. The van der Waals surface area contributed by atoms with Crippen molar-refractivity contribution >= 4 is 16.8 Å². The first-order valence-corrected chi connectivity index (χ1v) is 7.11. The summed E-state index contributed by atoms with van der Waals surface area (Å²) in [6, 6.07) is 11.9. The van der Waals surface area contributed by atoms with Crippen molar-refractivity contribution in [2.45, 2.75) is 11.3 Å². The Morgan fingerprint density at radius 3 is 2.58 bits per heavy atom. The summed E-state index contributed by atoms with van der Waals surface area (Å²) in [4.78, 5) is 15.6. The number of aromatic carboxylic acids is 1. The van der Waals surface area contributed by atoms with Crippen LogP contribution in [0.15, 0.2) is 53.6 Å². The predicted octanol–water partition coefficient (Wildman–Crippen LogP) is 2.13. The lowest BCUT2D eigenvalue weighted by molar-refractivity contribution is 0.0693. The van der Waals surface area contributed by atoms with Crippen LogP contribution in [-0.2, 0) is 17.2 Å². The summed E-state index contributed by atoms with van der Waals surface area (Å²) in [5.41, 5.74) is 0.950. The number of hydrogen-bond donors (Lipinski definition) is 1. The van der Waals surface area contributed by atoms with E-state index in [9.17, 15) is 9.00 Å². The number of hydrogen-bond acceptors (Lipinski definition) is 3. The van der Waals surface area contributed by atoms with Gasteiger partial charge < -0.3 is 5.11 Å². The summed E-state index contributed by atoms with van der Waals surface area (Å²) in [5, 5.41) is 9.05. The number of carboxylic acids is 1. The maximum absolute atomic E-state index is 12.2. The first-order chi connectivity index (χ1) is 9.18. The monoisotopic (exact) mass is 275 g/mol. The van der Waals surface area contributed by atoms with Crippen molar-refractivity contribution in [2.24, 2.45) is 0 Å². The van der Waals surface area contributed by atoms with Gasteiger partial charge in [0, 0.05) is 24.1 Å². The van der Waals surface area contributed by atoms with E-state index in [0.29, 0.717) is 17.1 Å². The predicted molar refractivity (Wildman–Crippen MR) is 72.6 cm³/mol. The van der Waals surface area contributed by atoms with Gasteiger partial charge in [-0.2, -0.15) is 0 Å². The van der Waals surface area contributed by atoms with Crippen LogP contribution in [0.5, 0.6) is 0 Å². The molecule has 0 aliphatic carbocycles. The van der Waals surface area contributed by atoms with Crippen LogP contribution >= 0.6 is 0 Å². The second-order valence-electron chi connectivity index (χ2n) is 3.92. The van der Waals surface area contributed by atoms with Crippen LogP contribution in [0.25, 0.3) is 0 Å². The van der Waals surface area contributed by atoms with Crippen LogP contribution in [0, 0.1) is 0 Å².